The lowest BCUT2D eigenvalue weighted by Crippen LogP contribution is -2.56. The Kier molecular flexibility index (Phi) is 9.44. The number of fused-ring (bicyclic) bond motifs is 2. The molecule has 1 amide bonds. The number of piperazine rings is 1. The predicted octanol–water partition coefficient (Wildman–Crippen LogP) is 5.70. The molecule has 0 saturated carbocycles. The monoisotopic (exact) mass is 645 g/mol. The maximum atomic E-state index is 13.1. The van der Waals surface area contributed by atoms with E-state index in [1.165, 1.54) is 0 Å². The molecule has 0 radical (unpaired) electrons. The number of nitriles is 1. The van der Waals surface area contributed by atoms with Crippen molar-refractivity contribution in [2.24, 2.45) is 0 Å². The Morgan fingerprint density at radius 1 is 1.02 bits per heavy atom. The molecule has 1 aromatic heterocycles. The summed E-state index contributed by atoms with van der Waals surface area (Å²) in [4.78, 5) is 31.8. The number of halogens is 1. The van der Waals surface area contributed by atoms with Crippen molar-refractivity contribution in [2.75, 3.05) is 62.7 Å². The maximum Gasteiger partial charge on any atom is 0.410 e. The first-order valence-corrected chi connectivity index (χ1v) is 16.8. The van der Waals surface area contributed by atoms with E-state index in [1.807, 2.05) is 32.9 Å². The molecule has 11 heteroatoms. The number of rotatable bonds is 6. The van der Waals surface area contributed by atoms with E-state index in [4.69, 9.17) is 31.0 Å². The zero-order valence-electron chi connectivity index (χ0n) is 27.3. The van der Waals surface area contributed by atoms with Gasteiger partial charge in [0.15, 0.2) is 0 Å². The van der Waals surface area contributed by atoms with E-state index < -0.39 is 5.60 Å². The van der Waals surface area contributed by atoms with Gasteiger partial charge in [0.25, 0.3) is 0 Å². The van der Waals surface area contributed by atoms with Gasteiger partial charge in [-0.05, 0) is 71.1 Å². The van der Waals surface area contributed by atoms with E-state index in [-0.39, 0.29) is 18.6 Å². The number of hydrogen-bond donors (Lipinski definition) is 0. The van der Waals surface area contributed by atoms with Gasteiger partial charge < -0.3 is 29.1 Å². The molecule has 2 fully saturated rings. The van der Waals surface area contributed by atoms with Gasteiger partial charge in [0.1, 0.15) is 18.0 Å². The largest absolute Gasteiger partial charge is 0.462 e. The van der Waals surface area contributed by atoms with Crippen molar-refractivity contribution in [2.45, 2.75) is 70.6 Å². The Morgan fingerprint density at radius 2 is 1.80 bits per heavy atom. The molecular formula is C35H44ClN7O3. The molecule has 0 spiro atoms. The van der Waals surface area contributed by atoms with Gasteiger partial charge in [0.2, 0.25) is 0 Å². The highest BCUT2D eigenvalue weighted by molar-refractivity contribution is 6.36. The summed E-state index contributed by atoms with van der Waals surface area (Å²) < 4.78 is 12.0. The second-order valence-corrected chi connectivity index (χ2v) is 14.0. The zero-order chi connectivity index (χ0) is 32.4. The third-order valence-corrected chi connectivity index (χ3v) is 9.60. The highest BCUT2D eigenvalue weighted by Gasteiger charge is 2.36. The molecule has 3 aromatic rings. The number of carbonyl (C=O) groups excluding carboxylic acids is 1. The SMILES string of the molecule is CN1CCC[C@H]1COc1nc2c(c(N3CCN(C(=O)OC(C)(C)C)[C@H](CC#N)C3)n1)CCN(c1cccc3cccc(Cl)c13)CC2. The molecule has 0 aliphatic carbocycles. The third-order valence-electron chi connectivity index (χ3n) is 9.29. The minimum atomic E-state index is -0.616. The standard InChI is InChI=1S/C35H44ClN7O3/c1-35(2,3)46-34(44)43-21-20-42(22-25(43)13-16-37)32-27-14-18-41(30-12-6-9-24-8-5-11-28(36)31(24)30)19-15-29(27)38-33(39-32)45-23-26-10-7-17-40(26)4/h5-6,8-9,11-12,25-26H,7,10,13-15,17-23H2,1-4H3/t25-,26+/m1/s1. The van der Waals surface area contributed by atoms with Gasteiger partial charge in [-0.25, -0.2) is 4.79 Å². The number of likely N-dealkylation sites (tertiary alicyclic amines) is 1. The van der Waals surface area contributed by atoms with Crippen molar-refractivity contribution >= 4 is 40.0 Å². The average Bonchev–Trinajstić information content (AvgIpc) is 3.31. The van der Waals surface area contributed by atoms with Crippen molar-refractivity contribution in [3.05, 3.63) is 52.7 Å². The Morgan fingerprint density at radius 3 is 2.54 bits per heavy atom. The quantitative estimate of drug-likeness (QED) is 0.334. The Bertz CT molecular complexity index is 1610. The highest BCUT2D eigenvalue weighted by atomic mass is 35.5. The lowest BCUT2D eigenvalue weighted by atomic mass is 10.1. The molecule has 6 rings (SSSR count). The predicted molar refractivity (Wildman–Crippen MR) is 181 cm³/mol. The fraction of sp³-hybridized carbons (Fsp3) is 0.543. The van der Waals surface area contributed by atoms with Crippen LogP contribution in [0.2, 0.25) is 5.02 Å². The van der Waals surface area contributed by atoms with Crippen LogP contribution in [0.5, 0.6) is 6.01 Å². The first kappa shape index (κ1) is 32.1. The summed E-state index contributed by atoms with van der Waals surface area (Å²) in [5.74, 6) is 0.837. The summed E-state index contributed by atoms with van der Waals surface area (Å²) in [7, 11) is 2.14. The fourth-order valence-corrected chi connectivity index (χ4v) is 7.19. The number of anilines is 2. The summed E-state index contributed by atoms with van der Waals surface area (Å²) in [6.07, 6.45) is 3.55. The van der Waals surface area contributed by atoms with Gasteiger partial charge in [-0.1, -0.05) is 35.9 Å². The molecule has 3 aliphatic heterocycles. The number of ether oxygens (including phenoxy) is 2. The average molecular weight is 646 g/mol. The van der Waals surface area contributed by atoms with Crippen molar-refractivity contribution in [3.8, 4) is 12.1 Å². The fourth-order valence-electron chi connectivity index (χ4n) is 6.91. The third kappa shape index (κ3) is 6.96. The van der Waals surface area contributed by atoms with Crippen LogP contribution in [0, 0.1) is 11.3 Å². The number of nitrogens with zero attached hydrogens (tertiary/aromatic N) is 7. The topological polar surface area (TPSA) is 98.1 Å². The van der Waals surface area contributed by atoms with E-state index >= 15 is 0 Å². The Balaban J connectivity index is 1.30. The van der Waals surface area contributed by atoms with Crippen LogP contribution >= 0.6 is 11.6 Å². The van der Waals surface area contributed by atoms with E-state index in [0.717, 1.165) is 83.9 Å². The van der Waals surface area contributed by atoms with Crippen LogP contribution in [0.1, 0.15) is 51.3 Å². The van der Waals surface area contributed by atoms with Crippen molar-refractivity contribution in [1.29, 1.82) is 5.26 Å². The first-order chi connectivity index (χ1) is 22.1. The number of hydrogen-bond acceptors (Lipinski definition) is 9. The summed E-state index contributed by atoms with van der Waals surface area (Å²) in [5.41, 5.74) is 2.58. The molecule has 2 saturated heterocycles. The number of benzene rings is 2. The zero-order valence-corrected chi connectivity index (χ0v) is 28.1. The minimum Gasteiger partial charge on any atom is -0.462 e. The lowest BCUT2D eigenvalue weighted by molar-refractivity contribution is 0.0144. The molecule has 46 heavy (non-hydrogen) atoms. The second kappa shape index (κ2) is 13.5. The summed E-state index contributed by atoms with van der Waals surface area (Å²) >= 11 is 6.73. The normalized spacial score (nSPS) is 20.7. The van der Waals surface area contributed by atoms with E-state index in [9.17, 15) is 10.1 Å². The maximum absolute atomic E-state index is 13.1. The van der Waals surface area contributed by atoms with Crippen LogP contribution in [-0.2, 0) is 17.6 Å². The molecule has 0 N–H and O–H groups in total. The highest BCUT2D eigenvalue weighted by Crippen LogP contribution is 2.36. The summed E-state index contributed by atoms with van der Waals surface area (Å²) in [6.45, 7) is 10.2. The smallest absolute Gasteiger partial charge is 0.410 e. The molecule has 2 aromatic carbocycles. The molecule has 0 bridgehead atoms. The molecule has 3 aliphatic rings. The number of carbonyl (C=O) groups is 1. The molecule has 4 heterocycles. The lowest BCUT2D eigenvalue weighted by Gasteiger charge is -2.42. The van der Waals surface area contributed by atoms with Crippen molar-refractivity contribution < 1.29 is 14.3 Å². The summed E-state index contributed by atoms with van der Waals surface area (Å²) in [6, 6.07) is 15.1. The van der Waals surface area contributed by atoms with Crippen LogP contribution in [0.25, 0.3) is 10.8 Å². The van der Waals surface area contributed by atoms with E-state index in [0.29, 0.717) is 38.3 Å². The van der Waals surface area contributed by atoms with Crippen LogP contribution in [0.4, 0.5) is 16.3 Å². The second-order valence-electron chi connectivity index (χ2n) is 13.6. The van der Waals surface area contributed by atoms with Gasteiger partial charge in [-0.15, -0.1) is 0 Å². The van der Waals surface area contributed by atoms with Gasteiger partial charge in [0, 0.05) is 61.8 Å². The number of aromatic nitrogens is 2. The summed E-state index contributed by atoms with van der Waals surface area (Å²) in [5, 5.41) is 12.6. The first-order valence-electron chi connectivity index (χ1n) is 16.4. The van der Waals surface area contributed by atoms with Crippen molar-refractivity contribution in [3.63, 3.8) is 0 Å². The molecule has 10 nitrogen and oxygen atoms in total. The van der Waals surface area contributed by atoms with Crippen LogP contribution in [0.15, 0.2) is 36.4 Å². The Labute approximate surface area is 276 Å². The van der Waals surface area contributed by atoms with Gasteiger partial charge in [-0.3, -0.25) is 0 Å². The molecule has 0 unspecified atom stereocenters. The number of likely N-dealkylation sites (N-methyl/N-ethyl adjacent to an activating group) is 1. The van der Waals surface area contributed by atoms with Crippen LogP contribution in [0.3, 0.4) is 0 Å². The van der Waals surface area contributed by atoms with Crippen LogP contribution < -0.4 is 14.5 Å². The van der Waals surface area contributed by atoms with Gasteiger partial charge >= 0.3 is 12.1 Å². The minimum absolute atomic E-state index is 0.204. The molecule has 244 valence electrons. The van der Waals surface area contributed by atoms with Crippen LogP contribution in [-0.4, -0.2) is 96.5 Å². The van der Waals surface area contributed by atoms with Gasteiger partial charge in [0.05, 0.1) is 29.2 Å². The molecular weight excluding hydrogens is 602 g/mol. The van der Waals surface area contributed by atoms with E-state index in [1.54, 1.807) is 4.90 Å². The van der Waals surface area contributed by atoms with Crippen molar-refractivity contribution in [1.82, 2.24) is 19.8 Å². The van der Waals surface area contributed by atoms with Gasteiger partial charge in [-0.2, -0.15) is 15.2 Å². The molecule has 2 atom stereocenters. The number of amides is 1. The Hall–Kier alpha value is -3.81. The van der Waals surface area contributed by atoms with E-state index in [2.05, 4.69) is 52.1 Å².